The maximum absolute atomic E-state index is 10.5. The predicted octanol–water partition coefficient (Wildman–Crippen LogP) is 2.12. The maximum Gasteiger partial charge on any atom is 0.303 e. The average Bonchev–Trinajstić information content (AvgIpc) is 2.96. The fraction of sp³-hybridized carbons (Fsp3) is 0.364. The zero-order valence-corrected chi connectivity index (χ0v) is 10.8. The number of carboxylic acids is 1. The highest BCUT2D eigenvalue weighted by atomic mass is 32.1. The van der Waals surface area contributed by atoms with E-state index in [1.807, 2.05) is 23.2 Å². The van der Waals surface area contributed by atoms with E-state index < -0.39 is 5.97 Å². The second-order valence-electron chi connectivity index (χ2n) is 3.75. The minimum atomic E-state index is -0.804. The Kier molecular flexibility index (Phi) is 3.93. The quantitative estimate of drug-likeness (QED) is 0.837. The maximum atomic E-state index is 10.5. The van der Waals surface area contributed by atoms with Crippen LogP contribution in [0.2, 0.25) is 0 Å². The standard InChI is InChI=1S/C11H14N4O2S/c1-2-15-6-9(5-12-15)14-11-13-8(7-18-11)3-4-10(16)17/h5-7H,2-4H2,1H3,(H,13,14)(H,16,17). The van der Waals surface area contributed by atoms with Crippen LogP contribution in [0, 0.1) is 0 Å². The summed E-state index contributed by atoms with van der Waals surface area (Å²) in [7, 11) is 0. The largest absolute Gasteiger partial charge is 0.481 e. The summed E-state index contributed by atoms with van der Waals surface area (Å²) in [5.41, 5.74) is 1.68. The van der Waals surface area contributed by atoms with Crippen LogP contribution in [-0.2, 0) is 17.8 Å². The molecule has 6 nitrogen and oxygen atoms in total. The number of thiazole rings is 1. The molecule has 7 heteroatoms. The number of carbonyl (C=O) groups is 1. The molecular formula is C11H14N4O2S. The number of carboxylic acid groups (broad SMARTS) is 1. The first-order chi connectivity index (χ1) is 8.67. The zero-order valence-electron chi connectivity index (χ0n) is 9.96. The smallest absolute Gasteiger partial charge is 0.303 e. The lowest BCUT2D eigenvalue weighted by molar-refractivity contribution is -0.136. The highest BCUT2D eigenvalue weighted by Crippen LogP contribution is 2.21. The van der Waals surface area contributed by atoms with Gasteiger partial charge in [-0.15, -0.1) is 11.3 Å². The predicted molar refractivity (Wildman–Crippen MR) is 69.3 cm³/mol. The van der Waals surface area contributed by atoms with Crippen LogP contribution in [0.1, 0.15) is 19.0 Å². The Morgan fingerprint density at radius 1 is 1.61 bits per heavy atom. The van der Waals surface area contributed by atoms with Crippen LogP contribution in [0.4, 0.5) is 10.8 Å². The Morgan fingerprint density at radius 2 is 2.44 bits per heavy atom. The fourth-order valence-corrected chi connectivity index (χ4v) is 2.20. The van der Waals surface area contributed by atoms with Crippen molar-refractivity contribution in [3.63, 3.8) is 0 Å². The van der Waals surface area contributed by atoms with Crippen LogP contribution in [0.25, 0.3) is 0 Å². The Hall–Kier alpha value is -1.89. The van der Waals surface area contributed by atoms with Crippen molar-refractivity contribution in [3.8, 4) is 0 Å². The second-order valence-corrected chi connectivity index (χ2v) is 4.61. The third-order valence-electron chi connectivity index (χ3n) is 2.36. The normalized spacial score (nSPS) is 10.5. The number of rotatable bonds is 6. The molecule has 0 aromatic carbocycles. The number of aliphatic carboxylic acids is 1. The molecule has 0 radical (unpaired) electrons. The van der Waals surface area contributed by atoms with Crippen molar-refractivity contribution in [2.24, 2.45) is 0 Å². The summed E-state index contributed by atoms with van der Waals surface area (Å²) >= 11 is 1.46. The minimum Gasteiger partial charge on any atom is -0.481 e. The van der Waals surface area contributed by atoms with E-state index in [9.17, 15) is 4.79 Å². The average molecular weight is 266 g/mol. The number of aromatic nitrogens is 3. The van der Waals surface area contributed by atoms with E-state index >= 15 is 0 Å². The molecule has 0 aliphatic heterocycles. The minimum absolute atomic E-state index is 0.108. The van der Waals surface area contributed by atoms with Gasteiger partial charge in [0.1, 0.15) is 0 Å². The van der Waals surface area contributed by atoms with E-state index in [-0.39, 0.29) is 6.42 Å². The Morgan fingerprint density at radius 3 is 3.11 bits per heavy atom. The number of anilines is 2. The molecule has 2 heterocycles. The Bertz CT molecular complexity index is 535. The van der Waals surface area contributed by atoms with Crippen LogP contribution >= 0.6 is 11.3 Å². The van der Waals surface area contributed by atoms with Crippen LogP contribution in [0.5, 0.6) is 0 Å². The van der Waals surface area contributed by atoms with E-state index in [1.165, 1.54) is 11.3 Å². The van der Waals surface area contributed by atoms with Crippen LogP contribution < -0.4 is 5.32 Å². The van der Waals surface area contributed by atoms with Crippen LogP contribution in [-0.4, -0.2) is 25.8 Å². The van der Waals surface area contributed by atoms with Gasteiger partial charge < -0.3 is 10.4 Å². The molecule has 0 spiro atoms. The molecule has 2 rings (SSSR count). The Labute approximate surface area is 108 Å². The van der Waals surface area contributed by atoms with Gasteiger partial charge in [-0.25, -0.2) is 4.98 Å². The summed E-state index contributed by atoms with van der Waals surface area (Å²) in [4.78, 5) is 14.8. The SMILES string of the molecule is CCn1cc(Nc2nc(CCC(=O)O)cs2)cn1. The van der Waals surface area contributed by atoms with Crippen molar-refractivity contribution in [1.82, 2.24) is 14.8 Å². The summed E-state index contributed by atoms with van der Waals surface area (Å²) in [6.45, 7) is 2.84. The highest BCUT2D eigenvalue weighted by molar-refractivity contribution is 7.13. The van der Waals surface area contributed by atoms with E-state index in [4.69, 9.17) is 5.11 Å². The number of nitrogens with one attached hydrogen (secondary N) is 1. The fourth-order valence-electron chi connectivity index (χ4n) is 1.44. The van der Waals surface area contributed by atoms with Crippen molar-refractivity contribution in [2.45, 2.75) is 26.3 Å². The molecule has 0 unspecified atom stereocenters. The zero-order chi connectivity index (χ0) is 13.0. The molecule has 0 aliphatic rings. The van der Waals surface area contributed by atoms with Crippen molar-refractivity contribution < 1.29 is 9.90 Å². The summed E-state index contributed by atoms with van der Waals surface area (Å²) in [6.07, 6.45) is 4.21. The molecule has 0 saturated carbocycles. The summed E-state index contributed by atoms with van der Waals surface area (Å²) in [5.74, 6) is -0.804. The molecule has 18 heavy (non-hydrogen) atoms. The van der Waals surface area contributed by atoms with Crippen molar-refractivity contribution in [1.29, 1.82) is 0 Å². The molecule has 0 bridgehead atoms. The lowest BCUT2D eigenvalue weighted by Crippen LogP contribution is -1.97. The topological polar surface area (TPSA) is 80.0 Å². The van der Waals surface area contributed by atoms with Gasteiger partial charge in [0.15, 0.2) is 5.13 Å². The van der Waals surface area contributed by atoms with Gasteiger partial charge >= 0.3 is 5.97 Å². The molecule has 0 fully saturated rings. The molecule has 0 atom stereocenters. The number of hydrogen-bond acceptors (Lipinski definition) is 5. The van der Waals surface area contributed by atoms with Gasteiger partial charge in [0.2, 0.25) is 0 Å². The number of nitrogens with zero attached hydrogens (tertiary/aromatic N) is 3. The molecule has 0 aliphatic carbocycles. The van der Waals surface area contributed by atoms with Gasteiger partial charge in [0.25, 0.3) is 0 Å². The van der Waals surface area contributed by atoms with Gasteiger partial charge in [-0.05, 0) is 6.92 Å². The Balaban J connectivity index is 1.95. The lowest BCUT2D eigenvalue weighted by Gasteiger charge is -1.97. The first-order valence-electron chi connectivity index (χ1n) is 5.63. The third kappa shape index (κ3) is 3.30. The van der Waals surface area contributed by atoms with Crippen molar-refractivity contribution >= 4 is 28.1 Å². The van der Waals surface area contributed by atoms with E-state index in [2.05, 4.69) is 15.4 Å². The summed E-state index contributed by atoms with van der Waals surface area (Å²) in [6, 6.07) is 0. The van der Waals surface area contributed by atoms with Crippen LogP contribution in [0.15, 0.2) is 17.8 Å². The van der Waals surface area contributed by atoms with Gasteiger partial charge in [-0.3, -0.25) is 9.48 Å². The van der Waals surface area contributed by atoms with Gasteiger partial charge in [-0.1, -0.05) is 0 Å². The van der Waals surface area contributed by atoms with E-state index in [0.29, 0.717) is 6.42 Å². The molecule has 2 aromatic rings. The van der Waals surface area contributed by atoms with E-state index in [1.54, 1.807) is 6.20 Å². The second kappa shape index (κ2) is 5.63. The molecule has 2 aromatic heterocycles. The van der Waals surface area contributed by atoms with Crippen molar-refractivity contribution in [2.75, 3.05) is 5.32 Å². The van der Waals surface area contributed by atoms with E-state index in [0.717, 1.165) is 23.1 Å². The third-order valence-corrected chi connectivity index (χ3v) is 3.16. The van der Waals surface area contributed by atoms with Crippen LogP contribution in [0.3, 0.4) is 0 Å². The number of aryl methyl sites for hydroxylation is 2. The molecular weight excluding hydrogens is 252 g/mol. The van der Waals surface area contributed by atoms with Crippen molar-refractivity contribution in [3.05, 3.63) is 23.5 Å². The summed E-state index contributed by atoms with van der Waals surface area (Å²) < 4.78 is 1.82. The highest BCUT2D eigenvalue weighted by Gasteiger charge is 2.05. The lowest BCUT2D eigenvalue weighted by atomic mass is 10.2. The van der Waals surface area contributed by atoms with Gasteiger partial charge in [-0.2, -0.15) is 5.10 Å². The van der Waals surface area contributed by atoms with Gasteiger partial charge in [0, 0.05) is 24.5 Å². The molecule has 96 valence electrons. The first-order valence-corrected chi connectivity index (χ1v) is 6.51. The first kappa shape index (κ1) is 12.6. The molecule has 0 saturated heterocycles. The summed E-state index contributed by atoms with van der Waals surface area (Å²) in [5, 5.41) is 18.5. The van der Waals surface area contributed by atoms with Gasteiger partial charge in [0.05, 0.1) is 24.0 Å². The molecule has 2 N–H and O–H groups in total. The number of hydrogen-bond donors (Lipinski definition) is 2. The molecule has 0 amide bonds. The monoisotopic (exact) mass is 266 g/mol.